The molecule has 6 heteroatoms. The van der Waals surface area contributed by atoms with Crippen LogP contribution in [0.5, 0.6) is 0 Å². The van der Waals surface area contributed by atoms with Gasteiger partial charge < -0.3 is 4.74 Å². The van der Waals surface area contributed by atoms with Crippen LogP contribution < -0.4 is 4.90 Å². The van der Waals surface area contributed by atoms with E-state index >= 15 is 0 Å². The zero-order valence-electron chi connectivity index (χ0n) is 13.0. The van der Waals surface area contributed by atoms with Crippen molar-refractivity contribution in [2.75, 3.05) is 4.90 Å². The van der Waals surface area contributed by atoms with Crippen LogP contribution in [0.1, 0.15) is 23.7 Å². The Bertz CT molecular complexity index is 751. The highest BCUT2D eigenvalue weighted by Gasteiger charge is 2.37. The predicted octanol–water partition coefficient (Wildman–Crippen LogP) is 4.92. The number of benzene rings is 2. The van der Waals surface area contributed by atoms with Crippen LogP contribution in [0.2, 0.25) is 0 Å². The number of para-hydroxylation sites is 1. The first kappa shape index (κ1) is 16.9. The van der Waals surface area contributed by atoms with E-state index in [2.05, 4.69) is 0 Å². The lowest BCUT2D eigenvalue weighted by Crippen LogP contribution is -2.38. The van der Waals surface area contributed by atoms with Crippen molar-refractivity contribution in [3.8, 4) is 0 Å². The number of carbonyl (C=O) groups excluding carboxylic acids is 2. The molecule has 0 radical (unpaired) electrons. The van der Waals surface area contributed by atoms with E-state index in [1.807, 2.05) is 42.5 Å². The molecule has 0 aromatic heterocycles. The number of carbonyl (C=O) groups is 2. The third-order valence-corrected chi connectivity index (χ3v) is 4.93. The average molecular weight is 362 g/mol. The number of hydrogen-bond acceptors (Lipinski definition) is 4. The molecule has 4 nitrogen and oxygen atoms in total. The molecule has 0 aliphatic carbocycles. The Morgan fingerprint density at radius 2 is 1.83 bits per heavy atom. The molecule has 0 saturated carbocycles. The molecular weight excluding hydrogens is 346 g/mol. The minimum atomic E-state index is -0.735. The molecule has 1 aliphatic rings. The number of halogens is 1. The summed E-state index contributed by atoms with van der Waals surface area (Å²) in [7, 11) is 0. The van der Waals surface area contributed by atoms with Gasteiger partial charge in [-0.2, -0.15) is 0 Å². The Hall–Kier alpha value is -1.98. The van der Waals surface area contributed by atoms with Crippen LogP contribution >= 0.6 is 23.4 Å². The Morgan fingerprint density at radius 1 is 1.17 bits per heavy atom. The summed E-state index contributed by atoms with van der Waals surface area (Å²) in [6, 6.07) is 16.6. The fourth-order valence-corrected chi connectivity index (χ4v) is 3.91. The second-order valence-electron chi connectivity index (χ2n) is 5.33. The van der Waals surface area contributed by atoms with Crippen LogP contribution in [-0.2, 0) is 4.74 Å². The van der Waals surface area contributed by atoms with Gasteiger partial charge in [0.15, 0.2) is 11.3 Å². The van der Waals surface area contributed by atoms with Crippen molar-refractivity contribution < 1.29 is 14.3 Å². The van der Waals surface area contributed by atoms with Gasteiger partial charge in [-0.15, -0.1) is 0 Å². The minimum Gasteiger partial charge on any atom is -0.430 e. The molecule has 0 fully saturated rings. The second kappa shape index (κ2) is 7.28. The minimum absolute atomic E-state index is 0.0161. The molecule has 0 bridgehead atoms. The van der Waals surface area contributed by atoms with Gasteiger partial charge in [-0.1, -0.05) is 65.8 Å². The van der Waals surface area contributed by atoms with Crippen molar-refractivity contribution in [3.63, 3.8) is 0 Å². The van der Waals surface area contributed by atoms with Crippen molar-refractivity contribution in [2.45, 2.75) is 29.2 Å². The SMILES string of the molecule is CC(Cl)OC(=O)N1c2ccccc2SC1CC(=O)c1ccccc1. The largest absolute Gasteiger partial charge is 0.430 e. The zero-order chi connectivity index (χ0) is 17.1. The van der Waals surface area contributed by atoms with E-state index in [1.165, 1.54) is 16.7 Å². The number of hydrogen-bond donors (Lipinski definition) is 0. The Balaban J connectivity index is 1.84. The summed E-state index contributed by atoms with van der Waals surface area (Å²) >= 11 is 7.27. The highest BCUT2D eigenvalue weighted by Crippen LogP contribution is 2.45. The lowest BCUT2D eigenvalue weighted by molar-refractivity contribution is 0.0981. The first-order valence-corrected chi connectivity index (χ1v) is 8.85. The predicted molar refractivity (Wildman–Crippen MR) is 95.8 cm³/mol. The van der Waals surface area contributed by atoms with Gasteiger partial charge in [0.05, 0.1) is 11.1 Å². The molecule has 2 unspecified atom stereocenters. The van der Waals surface area contributed by atoms with Gasteiger partial charge in [0.2, 0.25) is 0 Å². The number of Topliss-reactive ketones (excluding diaryl/α,β-unsaturated/α-hetero) is 1. The number of anilines is 1. The van der Waals surface area contributed by atoms with Crippen molar-refractivity contribution >= 4 is 40.9 Å². The average Bonchev–Trinajstić information content (AvgIpc) is 2.92. The first-order valence-electron chi connectivity index (χ1n) is 7.54. The molecular formula is C18H16ClNO3S. The van der Waals surface area contributed by atoms with E-state index in [4.69, 9.17) is 16.3 Å². The van der Waals surface area contributed by atoms with Crippen molar-refractivity contribution in [2.24, 2.45) is 0 Å². The standard InChI is InChI=1S/C18H16ClNO3S/c1-12(19)23-18(22)20-14-9-5-6-10-16(14)24-17(20)11-15(21)13-7-3-2-4-8-13/h2-10,12,17H,11H2,1H3. The van der Waals surface area contributed by atoms with Crippen molar-refractivity contribution in [1.82, 2.24) is 0 Å². The zero-order valence-corrected chi connectivity index (χ0v) is 14.6. The molecule has 2 atom stereocenters. The molecule has 3 rings (SSSR count). The summed E-state index contributed by atoms with van der Waals surface area (Å²) in [5.74, 6) is -0.0161. The topological polar surface area (TPSA) is 46.6 Å². The summed E-state index contributed by atoms with van der Waals surface area (Å²) in [6.45, 7) is 1.58. The van der Waals surface area contributed by atoms with Crippen LogP contribution in [0.3, 0.4) is 0 Å². The first-order chi connectivity index (χ1) is 11.6. The molecule has 0 saturated heterocycles. The molecule has 2 aromatic carbocycles. The Labute approximate surface area is 149 Å². The van der Waals surface area contributed by atoms with E-state index in [-0.39, 0.29) is 17.6 Å². The summed E-state index contributed by atoms with van der Waals surface area (Å²) in [5.41, 5.74) is 0.643. The molecule has 0 spiro atoms. The molecule has 1 amide bonds. The maximum absolute atomic E-state index is 12.5. The molecule has 1 aliphatic heterocycles. The highest BCUT2D eigenvalue weighted by atomic mass is 35.5. The van der Waals surface area contributed by atoms with E-state index in [1.54, 1.807) is 19.1 Å². The number of nitrogens with zero attached hydrogens (tertiary/aromatic N) is 1. The van der Waals surface area contributed by atoms with Crippen LogP contribution in [-0.4, -0.2) is 22.8 Å². The highest BCUT2D eigenvalue weighted by molar-refractivity contribution is 8.00. The summed E-state index contributed by atoms with van der Waals surface area (Å²) in [4.78, 5) is 27.4. The fraction of sp³-hybridized carbons (Fsp3) is 0.222. The van der Waals surface area contributed by atoms with Crippen molar-refractivity contribution in [3.05, 3.63) is 60.2 Å². The van der Waals surface area contributed by atoms with Gasteiger partial charge in [-0.3, -0.25) is 9.69 Å². The molecule has 124 valence electrons. The monoisotopic (exact) mass is 361 g/mol. The fourth-order valence-electron chi connectivity index (χ4n) is 2.56. The number of thioether (sulfide) groups is 1. The number of rotatable bonds is 4. The quantitative estimate of drug-likeness (QED) is 0.572. The molecule has 0 N–H and O–H groups in total. The lowest BCUT2D eigenvalue weighted by atomic mass is 10.1. The van der Waals surface area contributed by atoms with E-state index in [0.29, 0.717) is 5.56 Å². The molecule has 2 aromatic rings. The second-order valence-corrected chi connectivity index (χ2v) is 7.16. The maximum atomic E-state index is 12.5. The van der Waals surface area contributed by atoms with Gasteiger partial charge in [0.25, 0.3) is 0 Å². The lowest BCUT2D eigenvalue weighted by Gasteiger charge is -2.24. The van der Waals surface area contributed by atoms with Gasteiger partial charge in [0.1, 0.15) is 0 Å². The number of ketones is 1. The summed E-state index contributed by atoms with van der Waals surface area (Å²) in [5, 5.41) is -0.349. The smallest absolute Gasteiger partial charge is 0.416 e. The van der Waals surface area contributed by atoms with Crippen LogP contribution in [0.4, 0.5) is 10.5 Å². The van der Waals surface area contributed by atoms with Gasteiger partial charge in [-0.05, 0) is 19.1 Å². The van der Waals surface area contributed by atoms with Gasteiger partial charge in [-0.25, -0.2) is 4.79 Å². The molecule has 1 heterocycles. The Morgan fingerprint density at radius 3 is 2.54 bits per heavy atom. The van der Waals surface area contributed by atoms with Crippen molar-refractivity contribution in [1.29, 1.82) is 0 Å². The number of fused-ring (bicyclic) bond motifs is 1. The van der Waals surface area contributed by atoms with Gasteiger partial charge in [0, 0.05) is 16.9 Å². The molecule has 24 heavy (non-hydrogen) atoms. The third-order valence-electron chi connectivity index (χ3n) is 3.59. The third kappa shape index (κ3) is 3.57. The number of ether oxygens (including phenoxy) is 1. The van der Waals surface area contributed by atoms with E-state index in [9.17, 15) is 9.59 Å². The van der Waals surface area contributed by atoms with Crippen LogP contribution in [0.25, 0.3) is 0 Å². The number of alkyl halides is 1. The van der Waals surface area contributed by atoms with E-state index < -0.39 is 11.7 Å². The van der Waals surface area contributed by atoms with Crippen LogP contribution in [0.15, 0.2) is 59.5 Å². The van der Waals surface area contributed by atoms with Crippen LogP contribution in [0, 0.1) is 0 Å². The summed E-state index contributed by atoms with van der Waals surface area (Å²) in [6.07, 6.45) is -0.337. The number of amides is 1. The summed E-state index contributed by atoms with van der Waals surface area (Å²) < 4.78 is 5.14. The maximum Gasteiger partial charge on any atom is 0.416 e. The normalized spacial score (nSPS) is 17.2. The van der Waals surface area contributed by atoms with E-state index in [0.717, 1.165) is 10.6 Å². The Kier molecular flexibility index (Phi) is 5.11. The van der Waals surface area contributed by atoms with Gasteiger partial charge >= 0.3 is 6.09 Å².